The van der Waals surface area contributed by atoms with Gasteiger partial charge in [0.1, 0.15) is 5.01 Å². The van der Waals surface area contributed by atoms with Crippen molar-refractivity contribution in [1.82, 2.24) is 19.9 Å². The summed E-state index contributed by atoms with van der Waals surface area (Å²) in [6, 6.07) is 4.23. The number of aliphatic hydroxyl groups is 1. The van der Waals surface area contributed by atoms with E-state index in [1.165, 1.54) is 11.1 Å². The number of nitrogens with one attached hydrogen (secondary N) is 1. The summed E-state index contributed by atoms with van der Waals surface area (Å²) in [5, 5.41) is 16.8. The van der Waals surface area contributed by atoms with Crippen molar-refractivity contribution in [3.8, 4) is 0 Å². The Labute approximate surface area is 146 Å². The van der Waals surface area contributed by atoms with Crippen LogP contribution in [0.2, 0.25) is 0 Å². The average Bonchev–Trinajstić information content (AvgIpc) is 3.18. The quantitative estimate of drug-likeness (QED) is 0.721. The van der Waals surface area contributed by atoms with Gasteiger partial charge in [0.25, 0.3) is 0 Å². The van der Waals surface area contributed by atoms with Crippen LogP contribution >= 0.6 is 11.3 Å². The van der Waals surface area contributed by atoms with Gasteiger partial charge in [-0.2, -0.15) is 0 Å². The Morgan fingerprint density at radius 2 is 2.00 bits per heavy atom. The second-order valence-corrected chi connectivity index (χ2v) is 7.71. The Morgan fingerprint density at radius 3 is 2.71 bits per heavy atom. The Hall–Kier alpha value is -1.76. The molecule has 0 fully saturated rings. The van der Waals surface area contributed by atoms with Crippen molar-refractivity contribution in [1.29, 1.82) is 0 Å². The van der Waals surface area contributed by atoms with E-state index >= 15 is 0 Å². The zero-order chi connectivity index (χ0) is 17.3. The molecule has 2 aromatic heterocycles. The number of aromatic nitrogens is 3. The van der Waals surface area contributed by atoms with Crippen molar-refractivity contribution < 1.29 is 5.11 Å². The van der Waals surface area contributed by atoms with Crippen LogP contribution in [0.4, 0.5) is 0 Å². The van der Waals surface area contributed by atoms with Crippen molar-refractivity contribution in [2.75, 3.05) is 6.54 Å². The van der Waals surface area contributed by atoms with E-state index in [2.05, 4.69) is 55.1 Å². The standard InChI is InChI=1S/C18H24N4OS/c1-12-7-15-16(8-13(12)2)22(11-20-15)10-14(23)9-21-18(3,4)17-19-5-6-24-17/h5-8,11,14,21,23H,9-10H2,1-4H3. The van der Waals surface area contributed by atoms with E-state index in [1.54, 1.807) is 17.7 Å². The zero-order valence-corrected chi connectivity index (χ0v) is 15.4. The molecule has 0 saturated carbocycles. The van der Waals surface area contributed by atoms with Crippen LogP contribution in [-0.4, -0.2) is 32.3 Å². The Morgan fingerprint density at radius 1 is 1.25 bits per heavy atom. The maximum Gasteiger partial charge on any atom is 0.112 e. The van der Waals surface area contributed by atoms with E-state index in [0.717, 1.165) is 16.0 Å². The number of rotatable bonds is 6. The van der Waals surface area contributed by atoms with Gasteiger partial charge >= 0.3 is 0 Å². The molecule has 1 aromatic carbocycles. The van der Waals surface area contributed by atoms with Crippen molar-refractivity contribution in [2.45, 2.75) is 45.9 Å². The third kappa shape index (κ3) is 3.50. The first-order valence-corrected chi connectivity index (χ1v) is 9.00. The van der Waals surface area contributed by atoms with Gasteiger partial charge in [-0.1, -0.05) is 0 Å². The molecule has 2 N–H and O–H groups in total. The number of aliphatic hydroxyl groups excluding tert-OH is 1. The zero-order valence-electron chi connectivity index (χ0n) is 14.6. The lowest BCUT2D eigenvalue weighted by Crippen LogP contribution is -2.42. The molecule has 24 heavy (non-hydrogen) atoms. The second kappa shape index (κ2) is 6.63. The van der Waals surface area contributed by atoms with Gasteiger partial charge in [0.15, 0.2) is 0 Å². The Bertz CT molecular complexity index is 823. The fraction of sp³-hybridized carbons (Fsp3) is 0.444. The van der Waals surface area contributed by atoms with Crippen LogP contribution in [0.5, 0.6) is 0 Å². The van der Waals surface area contributed by atoms with Gasteiger partial charge in [0, 0.05) is 18.1 Å². The molecular formula is C18H24N4OS. The summed E-state index contributed by atoms with van der Waals surface area (Å²) in [4.78, 5) is 8.81. The molecule has 0 spiro atoms. The van der Waals surface area contributed by atoms with E-state index in [-0.39, 0.29) is 5.54 Å². The summed E-state index contributed by atoms with van der Waals surface area (Å²) >= 11 is 1.62. The first-order valence-electron chi connectivity index (χ1n) is 8.12. The van der Waals surface area contributed by atoms with Crippen molar-refractivity contribution in [2.24, 2.45) is 0 Å². The smallest absolute Gasteiger partial charge is 0.112 e. The van der Waals surface area contributed by atoms with Crippen LogP contribution in [-0.2, 0) is 12.1 Å². The highest BCUT2D eigenvalue weighted by Crippen LogP contribution is 2.22. The normalized spacial score (nSPS) is 13.5. The van der Waals surface area contributed by atoms with Crippen molar-refractivity contribution >= 4 is 22.4 Å². The molecular weight excluding hydrogens is 320 g/mol. The van der Waals surface area contributed by atoms with E-state index < -0.39 is 6.10 Å². The van der Waals surface area contributed by atoms with Gasteiger partial charge in [-0.15, -0.1) is 11.3 Å². The lowest BCUT2D eigenvalue weighted by atomic mass is 10.1. The molecule has 0 aliphatic heterocycles. The molecule has 0 aliphatic rings. The van der Waals surface area contributed by atoms with Crippen molar-refractivity contribution in [3.63, 3.8) is 0 Å². The SMILES string of the molecule is Cc1cc2ncn(CC(O)CNC(C)(C)c3nccs3)c2cc1C. The molecule has 0 radical (unpaired) electrons. The van der Waals surface area contributed by atoms with Gasteiger partial charge in [-0.25, -0.2) is 9.97 Å². The van der Waals surface area contributed by atoms with Crippen LogP contribution in [0.1, 0.15) is 30.0 Å². The molecule has 128 valence electrons. The van der Waals surface area contributed by atoms with Gasteiger partial charge in [0.05, 0.1) is 35.5 Å². The van der Waals surface area contributed by atoms with Crippen LogP contribution in [0, 0.1) is 13.8 Å². The van der Waals surface area contributed by atoms with Crippen molar-refractivity contribution in [3.05, 3.63) is 46.2 Å². The topological polar surface area (TPSA) is 63.0 Å². The van der Waals surface area contributed by atoms with Gasteiger partial charge in [-0.3, -0.25) is 0 Å². The maximum absolute atomic E-state index is 10.4. The highest BCUT2D eigenvalue weighted by atomic mass is 32.1. The minimum atomic E-state index is -0.497. The molecule has 3 aromatic rings. The summed E-state index contributed by atoms with van der Waals surface area (Å²) < 4.78 is 2.02. The summed E-state index contributed by atoms with van der Waals surface area (Å²) in [6.45, 7) is 9.36. The van der Waals surface area contributed by atoms with Crippen LogP contribution in [0.25, 0.3) is 11.0 Å². The number of benzene rings is 1. The lowest BCUT2D eigenvalue weighted by molar-refractivity contribution is 0.141. The number of imidazole rings is 1. The third-order valence-electron chi connectivity index (χ3n) is 4.39. The molecule has 6 heteroatoms. The second-order valence-electron chi connectivity index (χ2n) is 6.82. The lowest BCUT2D eigenvalue weighted by Gasteiger charge is -2.25. The molecule has 1 atom stereocenters. The van der Waals surface area contributed by atoms with E-state index in [1.807, 2.05) is 16.1 Å². The fourth-order valence-electron chi connectivity index (χ4n) is 2.73. The molecule has 0 amide bonds. The molecule has 0 bridgehead atoms. The molecule has 1 unspecified atom stereocenters. The fourth-order valence-corrected chi connectivity index (χ4v) is 3.47. The third-order valence-corrected chi connectivity index (χ3v) is 5.49. The Balaban J connectivity index is 1.67. The molecule has 0 saturated heterocycles. The van der Waals surface area contributed by atoms with E-state index in [9.17, 15) is 5.11 Å². The molecule has 0 aliphatic carbocycles. The summed E-state index contributed by atoms with van der Waals surface area (Å²) in [5.41, 5.74) is 4.26. The van der Waals surface area contributed by atoms with Gasteiger partial charge in [0.2, 0.25) is 0 Å². The first-order chi connectivity index (χ1) is 11.4. The van der Waals surface area contributed by atoms with Crippen LogP contribution in [0.3, 0.4) is 0 Å². The molecule has 5 nitrogen and oxygen atoms in total. The number of nitrogens with zero attached hydrogens (tertiary/aromatic N) is 3. The van der Waals surface area contributed by atoms with E-state index in [4.69, 9.17) is 0 Å². The number of fused-ring (bicyclic) bond motifs is 1. The van der Waals surface area contributed by atoms with Crippen LogP contribution in [0.15, 0.2) is 30.0 Å². The summed E-state index contributed by atoms with van der Waals surface area (Å²) in [5.74, 6) is 0. The first kappa shape index (κ1) is 17.1. The van der Waals surface area contributed by atoms with Gasteiger partial charge < -0.3 is 15.0 Å². The highest BCUT2D eigenvalue weighted by Gasteiger charge is 2.23. The number of hydrogen-bond acceptors (Lipinski definition) is 5. The number of thiazole rings is 1. The van der Waals surface area contributed by atoms with Crippen LogP contribution < -0.4 is 5.32 Å². The highest BCUT2D eigenvalue weighted by molar-refractivity contribution is 7.09. The maximum atomic E-state index is 10.4. The summed E-state index contributed by atoms with van der Waals surface area (Å²) in [6.07, 6.45) is 3.11. The minimum absolute atomic E-state index is 0.250. The Kier molecular flexibility index (Phi) is 4.71. The van der Waals surface area contributed by atoms with Gasteiger partial charge in [-0.05, 0) is 51.0 Å². The summed E-state index contributed by atoms with van der Waals surface area (Å²) in [7, 11) is 0. The largest absolute Gasteiger partial charge is 0.390 e. The minimum Gasteiger partial charge on any atom is -0.390 e. The average molecular weight is 344 g/mol. The number of hydrogen-bond donors (Lipinski definition) is 2. The molecule has 2 heterocycles. The number of aryl methyl sites for hydroxylation is 2. The predicted molar refractivity (Wildman–Crippen MR) is 98.4 cm³/mol. The monoisotopic (exact) mass is 344 g/mol. The van der Waals surface area contributed by atoms with E-state index in [0.29, 0.717) is 13.1 Å². The predicted octanol–water partition coefficient (Wildman–Crippen LogP) is 3.00. The molecule has 3 rings (SSSR count).